The van der Waals surface area contributed by atoms with Crippen LogP contribution in [0.4, 0.5) is 22.0 Å². The van der Waals surface area contributed by atoms with Crippen molar-refractivity contribution in [1.29, 1.82) is 0 Å². The lowest BCUT2D eigenvalue weighted by Crippen LogP contribution is -2.55. The Morgan fingerprint density at radius 1 is 1.17 bits per heavy atom. The lowest BCUT2D eigenvalue weighted by atomic mass is 10.0. The van der Waals surface area contributed by atoms with Crippen molar-refractivity contribution in [3.8, 4) is 5.75 Å². The smallest absolute Gasteiger partial charge is 0.463 e. The zero-order valence-corrected chi connectivity index (χ0v) is 13.7. The van der Waals surface area contributed by atoms with E-state index in [1.807, 2.05) is 0 Å². The van der Waals surface area contributed by atoms with Gasteiger partial charge in [-0.05, 0) is 37.5 Å². The average molecular weight is 353 g/mol. The molecule has 0 heterocycles. The van der Waals surface area contributed by atoms with E-state index in [1.165, 1.54) is 14.0 Å². The van der Waals surface area contributed by atoms with E-state index in [-0.39, 0.29) is 19.4 Å². The van der Waals surface area contributed by atoms with Gasteiger partial charge in [0, 0.05) is 12.6 Å². The van der Waals surface area contributed by atoms with Crippen LogP contribution in [0.3, 0.4) is 0 Å². The van der Waals surface area contributed by atoms with Crippen LogP contribution in [0.5, 0.6) is 5.75 Å². The van der Waals surface area contributed by atoms with Gasteiger partial charge in [0.05, 0.1) is 7.11 Å². The van der Waals surface area contributed by atoms with Crippen molar-refractivity contribution in [2.75, 3.05) is 13.7 Å². The first-order valence-electron chi connectivity index (χ1n) is 7.43. The number of halogens is 5. The van der Waals surface area contributed by atoms with Gasteiger partial charge in [-0.3, -0.25) is 4.79 Å². The van der Waals surface area contributed by atoms with E-state index >= 15 is 0 Å². The fraction of sp³-hybridized carbons (Fsp3) is 0.562. The van der Waals surface area contributed by atoms with Gasteiger partial charge in [0.1, 0.15) is 5.75 Å². The molecule has 0 saturated heterocycles. The summed E-state index contributed by atoms with van der Waals surface area (Å²) in [5.41, 5.74) is 0.701. The number of ether oxygens (including phenoxy) is 1. The van der Waals surface area contributed by atoms with Crippen LogP contribution in [0, 0.1) is 0 Å². The Bertz CT molecular complexity index is 542. The van der Waals surface area contributed by atoms with Crippen molar-refractivity contribution in [3.05, 3.63) is 29.8 Å². The molecule has 0 aliphatic carbocycles. The van der Waals surface area contributed by atoms with E-state index in [4.69, 9.17) is 4.74 Å². The molecule has 0 aliphatic heterocycles. The Hall–Kier alpha value is -1.86. The number of alkyl halides is 5. The predicted molar refractivity (Wildman–Crippen MR) is 79.2 cm³/mol. The monoisotopic (exact) mass is 353 g/mol. The Balaban J connectivity index is 2.95. The number of nitrogens with zero attached hydrogens (tertiary/aromatic N) is 1. The van der Waals surface area contributed by atoms with E-state index in [1.54, 1.807) is 31.2 Å². The molecular formula is C16H20F5NO2. The molecule has 1 amide bonds. The number of methoxy groups -OCH3 is 1. The number of amides is 1. The molecule has 0 radical (unpaired) electrons. The van der Waals surface area contributed by atoms with Crippen LogP contribution in [0.15, 0.2) is 24.3 Å². The van der Waals surface area contributed by atoms with Crippen molar-refractivity contribution in [2.24, 2.45) is 0 Å². The van der Waals surface area contributed by atoms with Gasteiger partial charge in [-0.2, -0.15) is 22.0 Å². The molecule has 0 aromatic heterocycles. The first-order chi connectivity index (χ1) is 11.0. The lowest BCUT2D eigenvalue weighted by Gasteiger charge is -2.32. The van der Waals surface area contributed by atoms with Crippen molar-refractivity contribution in [2.45, 2.75) is 44.8 Å². The topological polar surface area (TPSA) is 29.5 Å². The molecule has 1 unspecified atom stereocenters. The molecule has 8 heteroatoms. The van der Waals surface area contributed by atoms with Gasteiger partial charge in [-0.15, -0.1) is 0 Å². The lowest BCUT2D eigenvalue weighted by molar-refractivity contribution is -0.275. The maximum atomic E-state index is 13.4. The third-order valence-corrected chi connectivity index (χ3v) is 3.57. The van der Waals surface area contributed by atoms with Gasteiger partial charge in [0.25, 0.3) is 0 Å². The maximum absolute atomic E-state index is 13.4. The number of rotatable bonds is 7. The second-order valence-corrected chi connectivity index (χ2v) is 5.47. The first-order valence-corrected chi connectivity index (χ1v) is 7.43. The molecule has 0 saturated carbocycles. The normalized spacial score (nSPS) is 13.5. The summed E-state index contributed by atoms with van der Waals surface area (Å²) in [6.45, 7) is 2.87. The molecule has 24 heavy (non-hydrogen) atoms. The number of hydrogen-bond acceptors (Lipinski definition) is 2. The van der Waals surface area contributed by atoms with Crippen LogP contribution in [-0.2, 0) is 11.2 Å². The number of benzene rings is 1. The fourth-order valence-corrected chi connectivity index (χ4v) is 2.28. The standard InChI is InChI=1S/C16H20F5NO2/c1-4-9-22(14(23)15(17,18)16(19,20)21)11(2)10-12-5-7-13(24-3)8-6-12/h5-8,11H,4,9-10H2,1-3H3. The summed E-state index contributed by atoms with van der Waals surface area (Å²) in [5.74, 6) is -7.01. The zero-order valence-electron chi connectivity index (χ0n) is 13.7. The van der Waals surface area contributed by atoms with E-state index in [2.05, 4.69) is 0 Å². The molecule has 1 atom stereocenters. The highest BCUT2D eigenvalue weighted by Crippen LogP contribution is 2.37. The summed E-state index contributed by atoms with van der Waals surface area (Å²) in [6.07, 6.45) is -5.48. The summed E-state index contributed by atoms with van der Waals surface area (Å²) in [7, 11) is 1.48. The second kappa shape index (κ2) is 7.81. The Morgan fingerprint density at radius 3 is 2.12 bits per heavy atom. The predicted octanol–water partition coefficient (Wildman–Crippen LogP) is 4.06. The number of carbonyl (C=O) groups is 1. The fourth-order valence-electron chi connectivity index (χ4n) is 2.28. The third-order valence-electron chi connectivity index (χ3n) is 3.57. The average Bonchev–Trinajstić information content (AvgIpc) is 2.51. The summed E-state index contributed by atoms with van der Waals surface area (Å²) in [4.78, 5) is 12.4. The Morgan fingerprint density at radius 2 is 1.71 bits per heavy atom. The second-order valence-electron chi connectivity index (χ2n) is 5.47. The van der Waals surface area contributed by atoms with Crippen LogP contribution in [0.25, 0.3) is 0 Å². The van der Waals surface area contributed by atoms with Crippen molar-refractivity contribution >= 4 is 5.91 Å². The molecule has 0 N–H and O–H groups in total. The highest BCUT2D eigenvalue weighted by atomic mass is 19.4. The minimum absolute atomic E-state index is 0.156. The van der Waals surface area contributed by atoms with E-state index in [9.17, 15) is 26.7 Å². The number of hydrogen-bond donors (Lipinski definition) is 0. The van der Waals surface area contributed by atoms with Crippen molar-refractivity contribution < 1.29 is 31.5 Å². The first kappa shape index (κ1) is 20.2. The van der Waals surface area contributed by atoms with E-state index < -0.39 is 24.0 Å². The molecule has 0 aliphatic rings. The minimum atomic E-state index is -5.91. The summed E-state index contributed by atoms with van der Waals surface area (Å²) in [6, 6.07) is 5.84. The quantitative estimate of drug-likeness (QED) is 0.692. The summed E-state index contributed by atoms with van der Waals surface area (Å²) >= 11 is 0. The van der Waals surface area contributed by atoms with E-state index in [0.29, 0.717) is 16.2 Å². The van der Waals surface area contributed by atoms with Crippen LogP contribution < -0.4 is 4.74 Å². The summed E-state index contributed by atoms with van der Waals surface area (Å²) < 4.78 is 69.1. The molecule has 1 aromatic carbocycles. The SMILES string of the molecule is CCCN(C(=O)C(F)(F)C(F)(F)F)C(C)Cc1ccc(OC)cc1. The largest absolute Gasteiger partial charge is 0.497 e. The Kier molecular flexibility index (Phi) is 6.57. The zero-order chi connectivity index (χ0) is 18.5. The molecule has 1 rings (SSSR count). The number of carbonyl (C=O) groups excluding carboxylic acids is 1. The Labute approximate surface area is 137 Å². The molecule has 0 fully saturated rings. The van der Waals surface area contributed by atoms with E-state index in [0.717, 1.165) is 0 Å². The van der Waals surface area contributed by atoms with Crippen molar-refractivity contribution in [1.82, 2.24) is 4.90 Å². The van der Waals surface area contributed by atoms with Gasteiger partial charge in [-0.1, -0.05) is 19.1 Å². The van der Waals surface area contributed by atoms with Gasteiger partial charge >= 0.3 is 18.0 Å². The minimum Gasteiger partial charge on any atom is -0.497 e. The van der Waals surface area contributed by atoms with Crippen molar-refractivity contribution in [3.63, 3.8) is 0 Å². The molecule has 136 valence electrons. The van der Waals surface area contributed by atoms with Crippen LogP contribution in [0.2, 0.25) is 0 Å². The van der Waals surface area contributed by atoms with Crippen LogP contribution in [0.1, 0.15) is 25.8 Å². The van der Waals surface area contributed by atoms with Crippen LogP contribution >= 0.6 is 0 Å². The van der Waals surface area contributed by atoms with Crippen LogP contribution in [-0.4, -0.2) is 42.6 Å². The summed E-state index contributed by atoms with van der Waals surface area (Å²) in [5, 5.41) is 0. The van der Waals surface area contributed by atoms with Gasteiger partial charge < -0.3 is 9.64 Å². The highest BCUT2D eigenvalue weighted by molar-refractivity contribution is 5.84. The molecule has 3 nitrogen and oxygen atoms in total. The van der Waals surface area contributed by atoms with Gasteiger partial charge in [0.15, 0.2) is 0 Å². The van der Waals surface area contributed by atoms with Gasteiger partial charge in [0.2, 0.25) is 0 Å². The maximum Gasteiger partial charge on any atom is 0.463 e. The van der Waals surface area contributed by atoms with Gasteiger partial charge in [-0.25, -0.2) is 0 Å². The molecule has 0 bridgehead atoms. The molecule has 0 spiro atoms. The highest BCUT2D eigenvalue weighted by Gasteiger charge is 2.64. The molecular weight excluding hydrogens is 333 g/mol. The third kappa shape index (κ3) is 4.58. The molecule has 1 aromatic rings.